The van der Waals surface area contributed by atoms with Crippen LogP contribution in [0.3, 0.4) is 0 Å². The summed E-state index contributed by atoms with van der Waals surface area (Å²) in [5.74, 6) is 0.499. The van der Waals surface area contributed by atoms with Crippen LogP contribution < -0.4 is 15.6 Å². The molecule has 1 atom stereocenters. The first-order chi connectivity index (χ1) is 13.4. The van der Waals surface area contributed by atoms with Crippen LogP contribution >= 0.6 is 0 Å². The molecule has 28 heavy (non-hydrogen) atoms. The van der Waals surface area contributed by atoms with Gasteiger partial charge in [-0.3, -0.25) is 14.9 Å². The van der Waals surface area contributed by atoms with Gasteiger partial charge in [-0.15, -0.1) is 0 Å². The highest BCUT2D eigenvalue weighted by molar-refractivity contribution is 5.91. The van der Waals surface area contributed by atoms with Gasteiger partial charge in [0.25, 0.3) is 11.5 Å². The zero-order valence-corrected chi connectivity index (χ0v) is 16.1. The Morgan fingerprint density at radius 1 is 1.07 bits per heavy atom. The first-order valence-electron chi connectivity index (χ1n) is 8.75. The Kier molecular flexibility index (Phi) is 5.49. The van der Waals surface area contributed by atoms with Gasteiger partial charge in [-0.05, 0) is 57.2 Å². The van der Waals surface area contributed by atoms with Gasteiger partial charge in [-0.2, -0.15) is 5.10 Å². The van der Waals surface area contributed by atoms with Gasteiger partial charge in [0.1, 0.15) is 11.8 Å². The maximum Gasteiger partial charge on any atom is 0.267 e. The minimum atomic E-state index is -0.838. The smallest absolute Gasteiger partial charge is 0.267 e. The molecule has 0 bridgehead atoms. The van der Waals surface area contributed by atoms with Gasteiger partial charge >= 0.3 is 0 Å². The van der Waals surface area contributed by atoms with E-state index in [1.165, 1.54) is 6.07 Å². The zero-order chi connectivity index (χ0) is 20.3. The Morgan fingerprint density at radius 3 is 2.32 bits per heavy atom. The number of hydrogen-bond donors (Lipinski definition) is 1. The fraction of sp³-hybridized carbons (Fsp3) is 0.250. The maximum atomic E-state index is 12.6. The highest BCUT2D eigenvalue weighted by Crippen LogP contribution is 2.20. The number of anilines is 1. The molecule has 1 amide bonds. The summed E-state index contributed by atoms with van der Waals surface area (Å²) in [5.41, 5.74) is 2.49. The maximum absolute atomic E-state index is 12.6. The molecule has 2 aromatic heterocycles. The van der Waals surface area contributed by atoms with Gasteiger partial charge in [0.05, 0.1) is 12.8 Å². The Labute approximate surface area is 162 Å². The van der Waals surface area contributed by atoms with E-state index in [9.17, 15) is 9.59 Å². The monoisotopic (exact) mass is 379 g/mol. The fourth-order valence-corrected chi connectivity index (χ4v) is 2.73. The van der Waals surface area contributed by atoms with Crippen molar-refractivity contribution in [1.29, 1.82) is 0 Å². The number of carbonyl (C=O) groups excluding carboxylic acids is 1. The van der Waals surface area contributed by atoms with Gasteiger partial charge in [0.15, 0.2) is 0 Å². The highest BCUT2D eigenvalue weighted by atomic mass is 16.5. The molecule has 1 N–H and O–H groups in total. The Morgan fingerprint density at radius 2 is 1.71 bits per heavy atom. The molecule has 3 rings (SSSR count). The molecule has 0 saturated carbocycles. The van der Waals surface area contributed by atoms with Gasteiger partial charge in [-0.1, -0.05) is 0 Å². The number of aryl methyl sites for hydroxylation is 2. The van der Waals surface area contributed by atoms with Crippen molar-refractivity contribution in [1.82, 2.24) is 19.7 Å². The Bertz CT molecular complexity index is 1040. The summed E-state index contributed by atoms with van der Waals surface area (Å²) in [6.07, 6.45) is 0. The lowest BCUT2D eigenvalue weighted by atomic mass is 10.1. The number of rotatable bonds is 5. The number of nitrogens with zero attached hydrogens (tertiary/aromatic N) is 4. The topological polar surface area (TPSA) is 99.0 Å². The third kappa shape index (κ3) is 4.22. The van der Waals surface area contributed by atoms with E-state index < -0.39 is 11.9 Å². The number of benzene rings is 1. The summed E-state index contributed by atoms with van der Waals surface area (Å²) in [6.45, 7) is 5.24. The number of carbonyl (C=O) groups is 1. The van der Waals surface area contributed by atoms with Crippen molar-refractivity contribution in [3.8, 4) is 17.0 Å². The first-order valence-corrected chi connectivity index (χ1v) is 8.75. The van der Waals surface area contributed by atoms with E-state index in [1.807, 2.05) is 32.0 Å². The van der Waals surface area contributed by atoms with Gasteiger partial charge < -0.3 is 4.74 Å². The normalized spacial score (nSPS) is 11.7. The van der Waals surface area contributed by atoms with Crippen LogP contribution in [0.4, 0.5) is 5.95 Å². The van der Waals surface area contributed by atoms with Crippen molar-refractivity contribution >= 4 is 11.9 Å². The predicted octanol–water partition coefficient (Wildman–Crippen LogP) is 2.53. The number of ether oxygens (including phenoxy) is 1. The average molecular weight is 379 g/mol. The second-order valence-corrected chi connectivity index (χ2v) is 6.37. The molecule has 0 radical (unpaired) electrons. The summed E-state index contributed by atoms with van der Waals surface area (Å²) >= 11 is 0. The Balaban J connectivity index is 1.86. The molecular formula is C20H21N5O3. The summed E-state index contributed by atoms with van der Waals surface area (Å²) in [6, 6.07) is 11.3. The van der Waals surface area contributed by atoms with Crippen molar-refractivity contribution in [2.24, 2.45) is 0 Å². The molecule has 0 saturated heterocycles. The number of aromatic nitrogens is 4. The molecule has 8 heteroatoms. The van der Waals surface area contributed by atoms with Crippen LogP contribution in [0, 0.1) is 13.8 Å². The summed E-state index contributed by atoms with van der Waals surface area (Å²) in [7, 11) is 1.59. The molecule has 0 spiro atoms. The number of nitrogens with one attached hydrogen (secondary N) is 1. The predicted molar refractivity (Wildman–Crippen MR) is 105 cm³/mol. The molecule has 2 heterocycles. The van der Waals surface area contributed by atoms with Crippen LogP contribution in [-0.4, -0.2) is 32.8 Å². The molecule has 1 aromatic carbocycles. The standard InChI is InChI=1S/C20H21N5O3/c1-12-11-13(2)22-20(21-12)23-19(27)14(3)25-18(26)10-9-17(24-25)15-5-7-16(28-4)8-6-15/h5-11,14H,1-4H3,(H,21,22,23,27). The summed E-state index contributed by atoms with van der Waals surface area (Å²) in [5, 5.41) is 7.00. The van der Waals surface area contributed by atoms with Crippen molar-refractivity contribution in [2.45, 2.75) is 26.8 Å². The van der Waals surface area contributed by atoms with Crippen molar-refractivity contribution in [2.75, 3.05) is 12.4 Å². The summed E-state index contributed by atoms with van der Waals surface area (Å²) in [4.78, 5) is 33.3. The second kappa shape index (κ2) is 7.99. The van der Waals surface area contributed by atoms with Gasteiger partial charge in [-0.25, -0.2) is 14.6 Å². The minimum Gasteiger partial charge on any atom is -0.497 e. The highest BCUT2D eigenvalue weighted by Gasteiger charge is 2.19. The molecule has 8 nitrogen and oxygen atoms in total. The Hall–Kier alpha value is -3.55. The average Bonchev–Trinajstić information content (AvgIpc) is 2.67. The second-order valence-electron chi connectivity index (χ2n) is 6.37. The molecule has 0 aliphatic heterocycles. The molecule has 1 unspecified atom stereocenters. The fourth-order valence-electron chi connectivity index (χ4n) is 2.73. The van der Waals surface area contributed by atoms with E-state index in [0.717, 1.165) is 27.4 Å². The third-order valence-corrected chi connectivity index (χ3v) is 4.17. The largest absolute Gasteiger partial charge is 0.497 e. The van der Waals surface area contributed by atoms with Gasteiger partial charge in [0, 0.05) is 23.0 Å². The van der Waals surface area contributed by atoms with Crippen LogP contribution in [0.15, 0.2) is 47.3 Å². The van der Waals surface area contributed by atoms with Crippen LogP contribution in [-0.2, 0) is 4.79 Å². The van der Waals surface area contributed by atoms with Crippen LogP contribution in [0.5, 0.6) is 5.75 Å². The molecule has 0 aliphatic carbocycles. The lowest BCUT2D eigenvalue weighted by Crippen LogP contribution is -2.33. The van der Waals surface area contributed by atoms with Crippen molar-refractivity contribution in [3.05, 3.63) is 64.2 Å². The van der Waals surface area contributed by atoms with Crippen LogP contribution in [0.1, 0.15) is 24.4 Å². The quantitative estimate of drug-likeness (QED) is 0.731. The number of amides is 1. The first kappa shape index (κ1) is 19.2. The molecule has 0 fully saturated rings. The van der Waals surface area contributed by atoms with E-state index >= 15 is 0 Å². The number of hydrogen-bond acceptors (Lipinski definition) is 6. The minimum absolute atomic E-state index is 0.203. The molecule has 0 aliphatic rings. The van der Waals surface area contributed by atoms with E-state index in [-0.39, 0.29) is 11.5 Å². The van der Waals surface area contributed by atoms with E-state index in [2.05, 4.69) is 20.4 Å². The van der Waals surface area contributed by atoms with Crippen molar-refractivity contribution < 1.29 is 9.53 Å². The SMILES string of the molecule is COc1ccc(-c2ccc(=O)n(C(C)C(=O)Nc3nc(C)cc(C)n3)n2)cc1. The molecule has 144 valence electrons. The lowest BCUT2D eigenvalue weighted by molar-refractivity contribution is -0.119. The molecule has 3 aromatic rings. The van der Waals surface area contributed by atoms with E-state index in [4.69, 9.17) is 4.74 Å². The third-order valence-electron chi connectivity index (χ3n) is 4.17. The van der Waals surface area contributed by atoms with Crippen LogP contribution in [0.2, 0.25) is 0 Å². The van der Waals surface area contributed by atoms with Crippen molar-refractivity contribution in [3.63, 3.8) is 0 Å². The molecular weight excluding hydrogens is 358 g/mol. The lowest BCUT2D eigenvalue weighted by Gasteiger charge is -2.15. The summed E-state index contributed by atoms with van der Waals surface area (Å²) < 4.78 is 6.30. The van der Waals surface area contributed by atoms with E-state index in [1.54, 1.807) is 32.2 Å². The van der Waals surface area contributed by atoms with Crippen LogP contribution in [0.25, 0.3) is 11.3 Å². The number of methoxy groups -OCH3 is 1. The van der Waals surface area contributed by atoms with E-state index in [0.29, 0.717) is 5.69 Å². The van der Waals surface area contributed by atoms with Gasteiger partial charge in [0.2, 0.25) is 5.95 Å². The zero-order valence-electron chi connectivity index (χ0n) is 16.1.